The van der Waals surface area contributed by atoms with Crippen LogP contribution in [0.2, 0.25) is 0 Å². The number of non-ortho nitro benzene ring substituents is 1. The molecule has 2 rings (SSSR count). The van der Waals surface area contributed by atoms with Gasteiger partial charge in [-0.3, -0.25) is 15.1 Å². The van der Waals surface area contributed by atoms with E-state index in [1.165, 1.54) is 50.7 Å². The van der Waals surface area contributed by atoms with Crippen molar-refractivity contribution in [1.29, 1.82) is 0 Å². The van der Waals surface area contributed by atoms with Crippen molar-refractivity contribution in [2.75, 3.05) is 6.61 Å². The summed E-state index contributed by atoms with van der Waals surface area (Å²) in [5.74, 6) is 0.857. The van der Waals surface area contributed by atoms with Gasteiger partial charge >= 0.3 is 0 Å². The van der Waals surface area contributed by atoms with Gasteiger partial charge in [0.15, 0.2) is 0 Å². The second kappa shape index (κ2) is 11.8. The first kappa shape index (κ1) is 20.6. The molecule has 2 aromatic carbocycles. The lowest BCUT2D eigenvalue weighted by Crippen LogP contribution is -1.96. The van der Waals surface area contributed by atoms with Crippen molar-refractivity contribution >= 4 is 17.6 Å². The Balaban J connectivity index is 1.70. The van der Waals surface area contributed by atoms with Gasteiger partial charge in [0.25, 0.3) is 5.69 Å². The average molecular weight is 368 g/mol. The molecule has 0 atom stereocenters. The van der Waals surface area contributed by atoms with E-state index in [4.69, 9.17) is 4.74 Å². The second-order valence-electron chi connectivity index (χ2n) is 6.57. The number of nitro benzene ring substituents is 1. The van der Waals surface area contributed by atoms with Crippen LogP contribution < -0.4 is 4.74 Å². The molecule has 2 aromatic rings. The fourth-order valence-corrected chi connectivity index (χ4v) is 2.71. The number of aliphatic imine (C=N–C) groups is 1. The summed E-state index contributed by atoms with van der Waals surface area (Å²) < 4.78 is 5.77. The van der Waals surface area contributed by atoms with Crippen LogP contribution in [-0.2, 0) is 0 Å². The SMILES string of the molecule is CCCCCCCCCOc1ccc(/N=C/c2ccc([N+](=O)[O-])cc2)cc1. The van der Waals surface area contributed by atoms with E-state index in [2.05, 4.69) is 11.9 Å². The first-order chi connectivity index (χ1) is 13.2. The molecule has 0 heterocycles. The van der Waals surface area contributed by atoms with Crippen LogP contribution in [0.15, 0.2) is 53.5 Å². The Morgan fingerprint density at radius 1 is 0.926 bits per heavy atom. The number of hydrogen-bond donors (Lipinski definition) is 0. The average Bonchev–Trinajstić information content (AvgIpc) is 2.69. The minimum atomic E-state index is -0.411. The highest BCUT2D eigenvalue weighted by Gasteiger charge is 2.02. The summed E-state index contributed by atoms with van der Waals surface area (Å²) in [6.45, 7) is 2.99. The van der Waals surface area contributed by atoms with Gasteiger partial charge in [0.2, 0.25) is 0 Å². The Hall–Kier alpha value is -2.69. The molecular weight excluding hydrogens is 340 g/mol. The predicted octanol–water partition coefficient (Wildman–Crippen LogP) is 6.47. The Morgan fingerprint density at radius 2 is 1.56 bits per heavy atom. The highest BCUT2D eigenvalue weighted by atomic mass is 16.6. The van der Waals surface area contributed by atoms with Crippen LogP contribution in [0.3, 0.4) is 0 Å². The fourth-order valence-electron chi connectivity index (χ4n) is 2.71. The summed E-state index contributed by atoms with van der Waals surface area (Å²) in [7, 11) is 0. The number of unbranched alkanes of at least 4 members (excludes halogenated alkanes) is 6. The molecule has 0 radical (unpaired) electrons. The number of ether oxygens (including phenoxy) is 1. The third-order valence-electron chi connectivity index (χ3n) is 4.32. The van der Waals surface area contributed by atoms with E-state index in [0.717, 1.165) is 30.0 Å². The zero-order valence-electron chi connectivity index (χ0n) is 16.0. The van der Waals surface area contributed by atoms with Crippen LogP contribution in [0.25, 0.3) is 0 Å². The van der Waals surface area contributed by atoms with Crippen LogP contribution >= 0.6 is 0 Å². The third-order valence-corrected chi connectivity index (χ3v) is 4.32. The number of hydrogen-bond acceptors (Lipinski definition) is 4. The molecule has 0 amide bonds. The van der Waals surface area contributed by atoms with Crippen LogP contribution in [0.5, 0.6) is 5.75 Å². The molecule has 0 aliphatic heterocycles. The van der Waals surface area contributed by atoms with Gasteiger partial charge in [0.05, 0.1) is 17.2 Å². The maximum absolute atomic E-state index is 10.6. The molecule has 0 fully saturated rings. The third kappa shape index (κ3) is 8.03. The summed E-state index contributed by atoms with van der Waals surface area (Å²) in [6.07, 6.45) is 10.6. The van der Waals surface area contributed by atoms with E-state index in [1.807, 2.05) is 24.3 Å². The number of nitrogens with zero attached hydrogens (tertiary/aromatic N) is 2. The highest BCUT2D eigenvalue weighted by Crippen LogP contribution is 2.19. The van der Waals surface area contributed by atoms with Gasteiger partial charge in [-0.15, -0.1) is 0 Å². The zero-order valence-corrected chi connectivity index (χ0v) is 16.0. The quantitative estimate of drug-likeness (QED) is 0.186. The predicted molar refractivity (Wildman–Crippen MR) is 110 cm³/mol. The lowest BCUT2D eigenvalue weighted by atomic mass is 10.1. The zero-order chi connectivity index (χ0) is 19.3. The van der Waals surface area contributed by atoms with E-state index >= 15 is 0 Å². The van der Waals surface area contributed by atoms with Gasteiger partial charge in [0.1, 0.15) is 5.75 Å². The summed E-state index contributed by atoms with van der Waals surface area (Å²) in [5, 5.41) is 10.6. The smallest absolute Gasteiger partial charge is 0.269 e. The van der Waals surface area contributed by atoms with Gasteiger partial charge in [0, 0.05) is 18.3 Å². The lowest BCUT2D eigenvalue weighted by molar-refractivity contribution is -0.384. The molecule has 0 aliphatic carbocycles. The molecule has 27 heavy (non-hydrogen) atoms. The Bertz CT molecular complexity index is 709. The van der Waals surface area contributed by atoms with E-state index in [9.17, 15) is 10.1 Å². The van der Waals surface area contributed by atoms with Crippen LogP contribution in [0, 0.1) is 10.1 Å². The van der Waals surface area contributed by atoms with Crippen LogP contribution in [-0.4, -0.2) is 17.7 Å². The second-order valence-corrected chi connectivity index (χ2v) is 6.57. The summed E-state index contributed by atoms with van der Waals surface area (Å²) in [4.78, 5) is 14.6. The van der Waals surface area contributed by atoms with E-state index < -0.39 is 4.92 Å². The summed E-state index contributed by atoms with van der Waals surface area (Å²) >= 11 is 0. The summed E-state index contributed by atoms with van der Waals surface area (Å²) in [6, 6.07) is 14.0. The van der Waals surface area contributed by atoms with E-state index in [-0.39, 0.29) is 5.69 Å². The Morgan fingerprint density at radius 3 is 2.19 bits per heavy atom. The molecule has 0 unspecified atom stereocenters. The van der Waals surface area contributed by atoms with Crippen molar-refractivity contribution in [3.8, 4) is 5.75 Å². The van der Waals surface area contributed by atoms with Crippen molar-refractivity contribution in [3.05, 3.63) is 64.2 Å². The van der Waals surface area contributed by atoms with Crippen molar-refractivity contribution in [1.82, 2.24) is 0 Å². The van der Waals surface area contributed by atoms with Gasteiger partial charge in [-0.1, -0.05) is 45.4 Å². The Labute approximate surface area is 161 Å². The summed E-state index contributed by atoms with van der Waals surface area (Å²) in [5.41, 5.74) is 1.71. The molecule has 144 valence electrons. The fraction of sp³-hybridized carbons (Fsp3) is 0.409. The van der Waals surface area contributed by atoms with E-state index in [0.29, 0.717) is 0 Å². The molecule has 5 nitrogen and oxygen atoms in total. The van der Waals surface area contributed by atoms with Crippen molar-refractivity contribution < 1.29 is 9.66 Å². The highest BCUT2D eigenvalue weighted by molar-refractivity contribution is 5.82. The number of rotatable bonds is 12. The van der Waals surface area contributed by atoms with Gasteiger partial charge in [-0.2, -0.15) is 0 Å². The van der Waals surface area contributed by atoms with Crippen molar-refractivity contribution in [2.24, 2.45) is 4.99 Å². The molecule has 0 spiro atoms. The maximum atomic E-state index is 10.6. The lowest BCUT2D eigenvalue weighted by Gasteiger charge is -2.06. The number of nitro groups is 1. The Kier molecular flexibility index (Phi) is 9.04. The molecule has 0 saturated carbocycles. The molecule has 0 aliphatic rings. The first-order valence-corrected chi connectivity index (χ1v) is 9.70. The standard InChI is InChI=1S/C22H28N2O3/c1-2-3-4-5-6-7-8-17-27-22-15-11-20(12-16-22)23-18-19-9-13-21(14-10-19)24(25)26/h9-16,18H,2-8,17H2,1H3/b23-18+. The molecule has 0 N–H and O–H groups in total. The molecule has 0 bridgehead atoms. The van der Waals surface area contributed by atoms with Crippen molar-refractivity contribution in [3.63, 3.8) is 0 Å². The maximum Gasteiger partial charge on any atom is 0.269 e. The monoisotopic (exact) mass is 368 g/mol. The van der Waals surface area contributed by atoms with Gasteiger partial charge < -0.3 is 4.74 Å². The first-order valence-electron chi connectivity index (χ1n) is 9.70. The topological polar surface area (TPSA) is 64.7 Å². The van der Waals surface area contributed by atoms with E-state index in [1.54, 1.807) is 18.3 Å². The minimum absolute atomic E-state index is 0.0783. The minimum Gasteiger partial charge on any atom is -0.494 e. The number of benzene rings is 2. The van der Waals surface area contributed by atoms with Gasteiger partial charge in [-0.05, 0) is 48.4 Å². The molecule has 5 heteroatoms. The molecule has 0 saturated heterocycles. The van der Waals surface area contributed by atoms with Crippen LogP contribution in [0.1, 0.15) is 57.4 Å². The van der Waals surface area contributed by atoms with Crippen molar-refractivity contribution in [2.45, 2.75) is 51.9 Å². The van der Waals surface area contributed by atoms with Gasteiger partial charge in [-0.25, -0.2) is 0 Å². The largest absolute Gasteiger partial charge is 0.494 e. The normalized spacial score (nSPS) is 11.0. The molecule has 0 aromatic heterocycles. The molecular formula is C22H28N2O3. The van der Waals surface area contributed by atoms with Crippen LogP contribution in [0.4, 0.5) is 11.4 Å².